The molecule has 0 amide bonds. The summed E-state index contributed by atoms with van der Waals surface area (Å²) in [5, 5.41) is 9.36. The van der Waals surface area contributed by atoms with E-state index in [1.165, 1.54) is 0 Å². The molecule has 1 aliphatic carbocycles. The molecule has 0 radical (unpaired) electrons. The Morgan fingerprint density at radius 3 is 2.60 bits per heavy atom. The fourth-order valence-electron chi connectivity index (χ4n) is 2.57. The average molecular weight is 316 g/mol. The van der Waals surface area contributed by atoms with Gasteiger partial charge in [-0.05, 0) is 43.3 Å². The molecule has 0 aromatic carbocycles. The zero-order valence-electron chi connectivity index (χ0n) is 11.3. The van der Waals surface area contributed by atoms with Crippen molar-refractivity contribution in [1.82, 2.24) is 9.29 Å². The summed E-state index contributed by atoms with van der Waals surface area (Å²) in [5.41, 5.74) is 0.687. The number of nitrogens with zero attached hydrogens (tertiary/aromatic N) is 1. The first-order valence-corrected chi connectivity index (χ1v) is 9.65. The molecule has 1 aliphatic heterocycles. The van der Waals surface area contributed by atoms with Crippen LogP contribution in [0.2, 0.25) is 0 Å². The van der Waals surface area contributed by atoms with Crippen molar-refractivity contribution in [2.45, 2.75) is 49.3 Å². The second-order valence-electron chi connectivity index (χ2n) is 5.47. The van der Waals surface area contributed by atoms with Crippen LogP contribution in [-0.2, 0) is 16.6 Å². The van der Waals surface area contributed by atoms with Gasteiger partial charge in [0.1, 0.15) is 0 Å². The number of thioether (sulfide) groups is 1. The summed E-state index contributed by atoms with van der Waals surface area (Å²) in [5.74, 6) is 2.02. The van der Waals surface area contributed by atoms with Crippen molar-refractivity contribution in [3.8, 4) is 0 Å². The summed E-state index contributed by atoms with van der Waals surface area (Å²) in [6.07, 6.45) is 5.58. The fourth-order valence-corrected chi connectivity index (χ4v) is 5.03. The quantitative estimate of drug-likeness (QED) is 0.863. The number of aliphatic hydroxyl groups excluding tert-OH is 1. The van der Waals surface area contributed by atoms with Crippen LogP contribution in [0.3, 0.4) is 0 Å². The predicted octanol–water partition coefficient (Wildman–Crippen LogP) is 1.49. The molecule has 3 rings (SSSR count). The zero-order valence-corrected chi connectivity index (χ0v) is 12.9. The van der Waals surface area contributed by atoms with Crippen molar-refractivity contribution >= 4 is 21.8 Å². The smallest absolute Gasteiger partial charge is 0.242 e. The lowest BCUT2D eigenvalue weighted by atomic mass is 10.2. The topological polar surface area (TPSA) is 71.3 Å². The van der Waals surface area contributed by atoms with Gasteiger partial charge in [0.15, 0.2) is 0 Å². The van der Waals surface area contributed by atoms with Crippen LogP contribution in [0.25, 0.3) is 0 Å². The number of aliphatic hydroxyl groups is 1. The van der Waals surface area contributed by atoms with E-state index >= 15 is 0 Å². The molecule has 112 valence electrons. The Bertz CT molecular complexity index is 572. The van der Waals surface area contributed by atoms with Crippen molar-refractivity contribution in [1.29, 1.82) is 0 Å². The van der Waals surface area contributed by atoms with E-state index in [1.807, 2.05) is 16.3 Å². The summed E-state index contributed by atoms with van der Waals surface area (Å²) < 4.78 is 29.5. The molecule has 0 atom stereocenters. The number of hydrogen-bond donors (Lipinski definition) is 2. The van der Waals surface area contributed by atoms with Crippen molar-refractivity contribution in [2.75, 3.05) is 11.5 Å². The molecule has 1 saturated carbocycles. The van der Waals surface area contributed by atoms with E-state index in [2.05, 4.69) is 4.72 Å². The molecule has 5 nitrogen and oxygen atoms in total. The maximum absolute atomic E-state index is 12.4. The lowest BCUT2D eigenvalue weighted by Crippen LogP contribution is -2.37. The van der Waals surface area contributed by atoms with Crippen molar-refractivity contribution in [3.63, 3.8) is 0 Å². The van der Waals surface area contributed by atoms with E-state index in [0.29, 0.717) is 11.7 Å². The summed E-state index contributed by atoms with van der Waals surface area (Å²) in [6, 6.07) is 2.01. The first-order valence-electron chi connectivity index (χ1n) is 7.02. The molecular weight excluding hydrogens is 296 g/mol. The standard InChI is InChI=1S/C13H20N2O3S2/c16-9-12-7-13(8-15(12)11-1-2-11)20(17,18)14-10-3-5-19-6-4-10/h7-8,10-11,14,16H,1-6,9H2. The summed E-state index contributed by atoms with van der Waals surface area (Å²) in [6.45, 7) is -0.119. The minimum atomic E-state index is -3.47. The van der Waals surface area contributed by atoms with Crippen LogP contribution in [0.1, 0.15) is 37.4 Å². The van der Waals surface area contributed by atoms with Crippen LogP contribution in [-0.4, -0.2) is 35.6 Å². The predicted molar refractivity (Wildman–Crippen MR) is 79.3 cm³/mol. The molecule has 2 fully saturated rings. The van der Waals surface area contributed by atoms with Gasteiger partial charge in [-0.15, -0.1) is 0 Å². The highest BCUT2D eigenvalue weighted by atomic mass is 32.2. The Balaban J connectivity index is 1.79. The largest absolute Gasteiger partial charge is 0.390 e. The third-order valence-corrected chi connectivity index (χ3v) is 6.40. The summed E-state index contributed by atoms with van der Waals surface area (Å²) in [4.78, 5) is 0.284. The molecule has 2 aliphatic rings. The van der Waals surface area contributed by atoms with E-state index in [1.54, 1.807) is 12.3 Å². The van der Waals surface area contributed by atoms with Crippen LogP contribution >= 0.6 is 11.8 Å². The van der Waals surface area contributed by atoms with Gasteiger partial charge in [-0.1, -0.05) is 0 Å². The highest BCUT2D eigenvalue weighted by Crippen LogP contribution is 2.37. The van der Waals surface area contributed by atoms with Gasteiger partial charge in [-0.2, -0.15) is 11.8 Å². The molecule has 0 spiro atoms. The van der Waals surface area contributed by atoms with E-state index in [9.17, 15) is 13.5 Å². The van der Waals surface area contributed by atoms with E-state index in [4.69, 9.17) is 0 Å². The summed E-state index contributed by atoms with van der Waals surface area (Å²) in [7, 11) is -3.47. The van der Waals surface area contributed by atoms with Crippen molar-refractivity contribution < 1.29 is 13.5 Å². The van der Waals surface area contributed by atoms with Crippen LogP contribution in [0.4, 0.5) is 0 Å². The minimum absolute atomic E-state index is 0.0445. The van der Waals surface area contributed by atoms with E-state index < -0.39 is 10.0 Å². The molecule has 7 heteroatoms. The molecule has 2 heterocycles. The molecule has 2 N–H and O–H groups in total. The van der Waals surface area contributed by atoms with Crippen LogP contribution in [0.15, 0.2) is 17.2 Å². The highest BCUT2D eigenvalue weighted by Gasteiger charge is 2.29. The first-order chi connectivity index (χ1) is 9.60. The van der Waals surface area contributed by atoms with Gasteiger partial charge in [0.25, 0.3) is 0 Å². The highest BCUT2D eigenvalue weighted by molar-refractivity contribution is 7.99. The molecular formula is C13H20N2O3S2. The molecule has 20 heavy (non-hydrogen) atoms. The molecule has 1 aromatic rings. The third-order valence-electron chi connectivity index (χ3n) is 3.86. The van der Waals surface area contributed by atoms with E-state index in [-0.39, 0.29) is 17.5 Å². The Morgan fingerprint density at radius 1 is 1.30 bits per heavy atom. The second-order valence-corrected chi connectivity index (χ2v) is 8.41. The Kier molecular flexibility index (Phi) is 4.12. The van der Waals surface area contributed by atoms with Crippen LogP contribution < -0.4 is 4.72 Å². The number of aromatic nitrogens is 1. The van der Waals surface area contributed by atoms with Gasteiger partial charge in [-0.25, -0.2) is 13.1 Å². The molecule has 1 aromatic heterocycles. The SMILES string of the molecule is O=S(=O)(NC1CCSCC1)c1cc(CO)n(C2CC2)c1. The Labute approximate surface area is 123 Å². The van der Waals surface area contributed by atoms with Crippen molar-refractivity contribution in [2.24, 2.45) is 0 Å². The first kappa shape index (κ1) is 14.4. The monoisotopic (exact) mass is 316 g/mol. The lowest BCUT2D eigenvalue weighted by molar-refractivity contribution is 0.270. The van der Waals surface area contributed by atoms with Gasteiger partial charge in [0, 0.05) is 24.0 Å². The van der Waals surface area contributed by atoms with E-state index in [0.717, 1.165) is 37.2 Å². The van der Waals surface area contributed by atoms with Crippen molar-refractivity contribution in [3.05, 3.63) is 18.0 Å². The van der Waals surface area contributed by atoms with Crippen LogP contribution in [0.5, 0.6) is 0 Å². The van der Waals surface area contributed by atoms with Gasteiger partial charge in [0.2, 0.25) is 10.0 Å². The maximum Gasteiger partial charge on any atom is 0.242 e. The van der Waals surface area contributed by atoms with Gasteiger partial charge in [0.05, 0.1) is 11.5 Å². The second kappa shape index (κ2) is 5.71. The fraction of sp³-hybridized carbons (Fsp3) is 0.692. The zero-order chi connectivity index (χ0) is 14.2. The minimum Gasteiger partial charge on any atom is -0.390 e. The molecule has 0 unspecified atom stereocenters. The number of hydrogen-bond acceptors (Lipinski definition) is 4. The number of rotatable bonds is 5. The van der Waals surface area contributed by atoms with Gasteiger partial charge >= 0.3 is 0 Å². The molecule has 1 saturated heterocycles. The Hall–Kier alpha value is -0.500. The maximum atomic E-state index is 12.4. The normalized spacial score (nSPS) is 21.2. The lowest BCUT2D eigenvalue weighted by Gasteiger charge is -2.21. The van der Waals surface area contributed by atoms with Crippen LogP contribution in [0, 0.1) is 0 Å². The number of nitrogens with one attached hydrogen (secondary N) is 1. The molecule has 0 bridgehead atoms. The average Bonchev–Trinajstić information content (AvgIpc) is 3.18. The third kappa shape index (κ3) is 3.05. The number of sulfonamides is 1. The Morgan fingerprint density at radius 2 is 2.00 bits per heavy atom. The summed E-state index contributed by atoms with van der Waals surface area (Å²) >= 11 is 1.87. The van der Waals surface area contributed by atoms with Gasteiger partial charge in [-0.3, -0.25) is 0 Å². The van der Waals surface area contributed by atoms with Gasteiger partial charge < -0.3 is 9.67 Å².